The Labute approximate surface area is 96.3 Å². The Morgan fingerprint density at radius 1 is 1.50 bits per heavy atom. The van der Waals surface area contributed by atoms with Crippen LogP contribution in [0.25, 0.3) is 5.69 Å². The van der Waals surface area contributed by atoms with Crippen molar-refractivity contribution < 1.29 is 5.11 Å². The van der Waals surface area contributed by atoms with E-state index < -0.39 is 0 Å². The van der Waals surface area contributed by atoms with Crippen LogP contribution in [0.5, 0.6) is 0 Å². The average molecular weight is 240 g/mol. The van der Waals surface area contributed by atoms with Crippen molar-refractivity contribution in [3.63, 3.8) is 0 Å². The number of aliphatic hydroxyl groups is 1. The monoisotopic (exact) mass is 239 g/mol. The Bertz CT molecular complexity index is 547. The van der Waals surface area contributed by atoms with Gasteiger partial charge in [-0.15, -0.1) is 0 Å². The molecule has 0 bridgehead atoms. The number of aromatic nitrogens is 3. The number of aromatic amines is 1. The molecule has 0 saturated heterocycles. The first-order valence-electron chi connectivity index (χ1n) is 4.76. The predicted molar refractivity (Wildman–Crippen MR) is 60.0 cm³/mol. The molecular weight excluding hydrogens is 230 g/mol. The molecule has 2 N–H and O–H groups in total. The lowest BCUT2D eigenvalue weighted by atomic mass is 10.3. The number of H-pyrrole nitrogens is 1. The van der Waals surface area contributed by atoms with Crippen molar-refractivity contribution in [1.82, 2.24) is 14.8 Å². The summed E-state index contributed by atoms with van der Waals surface area (Å²) >= 11 is 5.82. The summed E-state index contributed by atoms with van der Waals surface area (Å²) in [6, 6.07) is 6.84. The Balaban J connectivity index is 2.44. The topological polar surface area (TPSA) is 70.9 Å². The third-order valence-corrected chi connectivity index (χ3v) is 2.30. The van der Waals surface area contributed by atoms with Gasteiger partial charge in [0.15, 0.2) is 0 Å². The molecule has 1 aromatic heterocycles. The quantitative estimate of drug-likeness (QED) is 0.830. The summed E-state index contributed by atoms with van der Waals surface area (Å²) in [4.78, 5) is 14.1. The molecule has 0 aliphatic carbocycles. The maximum absolute atomic E-state index is 11.5. The summed E-state index contributed by atoms with van der Waals surface area (Å²) in [7, 11) is 0. The Hall–Kier alpha value is -1.59. The first-order valence-corrected chi connectivity index (χ1v) is 5.13. The van der Waals surface area contributed by atoms with Crippen molar-refractivity contribution in [3.05, 3.63) is 45.6 Å². The van der Waals surface area contributed by atoms with Crippen molar-refractivity contribution in [2.24, 2.45) is 0 Å². The van der Waals surface area contributed by atoms with Crippen molar-refractivity contribution in [2.75, 3.05) is 6.61 Å². The van der Waals surface area contributed by atoms with Crippen molar-refractivity contribution in [2.45, 2.75) is 6.42 Å². The maximum Gasteiger partial charge on any atom is 0.348 e. The first kappa shape index (κ1) is 10.9. The average Bonchev–Trinajstić information content (AvgIpc) is 2.60. The summed E-state index contributed by atoms with van der Waals surface area (Å²) in [5.74, 6) is 0.451. The summed E-state index contributed by atoms with van der Waals surface area (Å²) in [5.41, 5.74) is 0.253. The Morgan fingerprint density at radius 2 is 2.31 bits per heavy atom. The molecule has 2 aromatic rings. The number of rotatable bonds is 3. The summed E-state index contributed by atoms with van der Waals surface area (Å²) in [6.07, 6.45) is 0.322. The zero-order valence-electron chi connectivity index (χ0n) is 8.35. The van der Waals surface area contributed by atoms with E-state index in [-0.39, 0.29) is 12.3 Å². The second kappa shape index (κ2) is 4.51. The molecule has 0 aliphatic rings. The van der Waals surface area contributed by atoms with Crippen LogP contribution in [0.4, 0.5) is 0 Å². The molecule has 0 radical (unpaired) electrons. The molecule has 1 aromatic carbocycles. The van der Waals surface area contributed by atoms with E-state index in [9.17, 15) is 4.79 Å². The number of halogens is 1. The highest BCUT2D eigenvalue weighted by Crippen LogP contribution is 2.12. The highest BCUT2D eigenvalue weighted by Gasteiger charge is 2.06. The van der Waals surface area contributed by atoms with Gasteiger partial charge in [-0.05, 0) is 18.2 Å². The van der Waals surface area contributed by atoms with Crippen LogP contribution in [0.2, 0.25) is 5.02 Å². The number of nitrogens with one attached hydrogen (secondary N) is 1. The molecule has 1 heterocycles. The fourth-order valence-electron chi connectivity index (χ4n) is 1.37. The number of nitrogens with zero attached hydrogens (tertiary/aromatic N) is 2. The minimum Gasteiger partial charge on any atom is -0.396 e. The van der Waals surface area contributed by atoms with Crippen LogP contribution in [-0.4, -0.2) is 26.5 Å². The third kappa shape index (κ3) is 2.15. The molecule has 0 spiro atoms. The SMILES string of the molecule is O=c1[nH]c(CCO)nn1-c1cccc(Cl)c1. The molecule has 0 fully saturated rings. The molecular formula is C10H10ClN3O2. The van der Waals surface area contributed by atoms with Crippen molar-refractivity contribution in [1.29, 1.82) is 0 Å². The summed E-state index contributed by atoms with van der Waals surface area (Å²) in [5, 5.41) is 13.3. The van der Waals surface area contributed by atoms with E-state index >= 15 is 0 Å². The Morgan fingerprint density at radius 3 is 3.00 bits per heavy atom. The molecule has 0 atom stereocenters. The highest BCUT2D eigenvalue weighted by molar-refractivity contribution is 6.30. The Kier molecular flexibility index (Phi) is 3.07. The van der Waals surface area contributed by atoms with Crippen LogP contribution in [0.15, 0.2) is 29.1 Å². The lowest BCUT2D eigenvalue weighted by Gasteiger charge is -1.98. The van der Waals surface area contributed by atoms with Gasteiger partial charge in [0.2, 0.25) is 0 Å². The molecule has 0 amide bonds. The van der Waals surface area contributed by atoms with Gasteiger partial charge in [0.05, 0.1) is 12.3 Å². The first-order chi connectivity index (χ1) is 7.70. The number of hydrogen-bond acceptors (Lipinski definition) is 3. The van der Waals surface area contributed by atoms with Gasteiger partial charge in [-0.1, -0.05) is 17.7 Å². The van der Waals surface area contributed by atoms with Gasteiger partial charge in [0, 0.05) is 11.4 Å². The van der Waals surface area contributed by atoms with Crippen LogP contribution in [0, 0.1) is 0 Å². The minimum absolute atomic E-state index is 0.0531. The normalized spacial score (nSPS) is 10.6. The van der Waals surface area contributed by atoms with Crippen LogP contribution in [0.1, 0.15) is 5.82 Å². The number of benzene rings is 1. The predicted octanol–water partition coefficient (Wildman–Crippen LogP) is 0.749. The molecule has 0 aliphatic heterocycles. The second-order valence-corrected chi connectivity index (χ2v) is 3.68. The van der Waals surface area contributed by atoms with Gasteiger partial charge >= 0.3 is 5.69 Å². The van der Waals surface area contributed by atoms with Crippen molar-refractivity contribution in [3.8, 4) is 5.69 Å². The van der Waals surface area contributed by atoms with E-state index in [1.807, 2.05) is 0 Å². The smallest absolute Gasteiger partial charge is 0.348 e. The van der Waals surface area contributed by atoms with Crippen LogP contribution < -0.4 is 5.69 Å². The zero-order valence-corrected chi connectivity index (χ0v) is 9.11. The molecule has 84 valence electrons. The molecule has 0 unspecified atom stereocenters. The molecule has 5 nitrogen and oxygen atoms in total. The standard InChI is InChI=1S/C10H10ClN3O2/c11-7-2-1-3-8(6-7)14-10(16)12-9(13-14)4-5-15/h1-3,6,15H,4-5H2,(H,12,13,16). The van der Waals surface area contributed by atoms with E-state index in [1.165, 1.54) is 4.68 Å². The third-order valence-electron chi connectivity index (χ3n) is 2.07. The van der Waals surface area contributed by atoms with Crippen LogP contribution in [0.3, 0.4) is 0 Å². The summed E-state index contributed by atoms with van der Waals surface area (Å²) in [6.45, 7) is -0.0531. The lowest BCUT2D eigenvalue weighted by molar-refractivity contribution is 0.296. The summed E-state index contributed by atoms with van der Waals surface area (Å²) < 4.78 is 1.22. The fraction of sp³-hybridized carbons (Fsp3) is 0.200. The van der Waals surface area contributed by atoms with E-state index in [0.29, 0.717) is 23.0 Å². The molecule has 16 heavy (non-hydrogen) atoms. The maximum atomic E-state index is 11.5. The van der Waals surface area contributed by atoms with E-state index in [4.69, 9.17) is 16.7 Å². The number of aliphatic hydroxyl groups excluding tert-OH is 1. The van der Waals surface area contributed by atoms with Crippen LogP contribution >= 0.6 is 11.6 Å². The van der Waals surface area contributed by atoms with Crippen LogP contribution in [-0.2, 0) is 6.42 Å². The zero-order chi connectivity index (χ0) is 11.5. The van der Waals surface area contributed by atoms with E-state index in [1.54, 1.807) is 24.3 Å². The van der Waals surface area contributed by atoms with Gasteiger partial charge in [-0.25, -0.2) is 4.79 Å². The minimum atomic E-state index is -0.342. The fourth-order valence-corrected chi connectivity index (χ4v) is 1.55. The number of hydrogen-bond donors (Lipinski definition) is 2. The van der Waals surface area contributed by atoms with Gasteiger partial charge in [-0.2, -0.15) is 9.78 Å². The lowest BCUT2D eigenvalue weighted by Crippen LogP contribution is -2.15. The van der Waals surface area contributed by atoms with E-state index in [2.05, 4.69) is 10.1 Å². The van der Waals surface area contributed by atoms with Gasteiger partial charge < -0.3 is 5.11 Å². The molecule has 2 rings (SSSR count). The van der Waals surface area contributed by atoms with Gasteiger partial charge in [-0.3, -0.25) is 4.98 Å². The van der Waals surface area contributed by atoms with Gasteiger partial charge in [0.25, 0.3) is 0 Å². The largest absolute Gasteiger partial charge is 0.396 e. The molecule has 0 saturated carbocycles. The highest BCUT2D eigenvalue weighted by atomic mass is 35.5. The van der Waals surface area contributed by atoms with Gasteiger partial charge in [0.1, 0.15) is 5.82 Å². The second-order valence-electron chi connectivity index (χ2n) is 3.24. The van der Waals surface area contributed by atoms with E-state index in [0.717, 1.165) is 0 Å². The van der Waals surface area contributed by atoms with Crippen molar-refractivity contribution >= 4 is 11.6 Å². The molecule has 6 heteroatoms.